The largest absolute Gasteiger partial charge is 1.00 e. The Labute approximate surface area is 211 Å². The van der Waals surface area contributed by atoms with E-state index in [0.29, 0.717) is 6.42 Å². The monoisotopic (exact) mass is 507 g/mol. The summed E-state index contributed by atoms with van der Waals surface area (Å²) in [7, 11) is -5.11. The zero-order valence-electron chi connectivity index (χ0n) is 23.8. The highest BCUT2D eigenvalue weighted by Crippen LogP contribution is 2.61. The van der Waals surface area contributed by atoms with Crippen LogP contribution in [0.3, 0.4) is 0 Å². The molecule has 0 saturated carbocycles. The summed E-state index contributed by atoms with van der Waals surface area (Å²) >= 11 is 0. The first-order valence-electron chi connectivity index (χ1n) is 14.7. The summed E-state index contributed by atoms with van der Waals surface area (Å²) in [5.74, 6) is -0.169. The van der Waals surface area contributed by atoms with Gasteiger partial charge in [-0.1, -0.05) is 97.8 Å². The standard InChI is InChI=1S/C28H59O3PS/c1-4-7-10-13-16-19-24-32(25-20-17-14-11-8-5-2,26-21-18-15-12-9-6-3)27-22-23-28-33(29,30)31/h4-28H2,1-3H3/p+1. The molecule has 0 rings (SSSR count). The summed E-state index contributed by atoms with van der Waals surface area (Å²) in [4.78, 5) is 0. The molecule has 5 heteroatoms. The van der Waals surface area contributed by atoms with Gasteiger partial charge >= 0.3 is 1.43 Å². The Bertz CT molecular complexity index is 473. The van der Waals surface area contributed by atoms with Crippen LogP contribution in [0.15, 0.2) is 0 Å². The highest BCUT2D eigenvalue weighted by Gasteiger charge is 2.35. The Morgan fingerprint density at radius 1 is 0.485 bits per heavy atom. The normalized spacial score (nSPS) is 12.5. The minimum atomic E-state index is -4.07. The van der Waals surface area contributed by atoms with Gasteiger partial charge in [-0.05, 0) is 51.4 Å². The van der Waals surface area contributed by atoms with Crippen molar-refractivity contribution in [2.45, 2.75) is 149 Å². The van der Waals surface area contributed by atoms with Crippen LogP contribution in [0.5, 0.6) is 0 Å². The molecule has 0 aliphatic rings. The number of rotatable bonds is 26. The number of unbranched alkanes of at least 4 members (excludes halogenated alkanes) is 16. The highest BCUT2D eigenvalue weighted by molar-refractivity contribution is 7.85. The van der Waals surface area contributed by atoms with Gasteiger partial charge in [0.15, 0.2) is 0 Å². The molecule has 0 amide bonds. The summed E-state index contributed by atoms with van der Waals surface area (Å²) < 4.78 is 33.3. The predicted molar refractivity (Wildman–Crippen MR) is 151 cm³/mol. The molecule has 0 heterocycles. The summed E-state index contributed by atoms with van der Waals surface area (Å²) in [5, 5.41) is 0. The lowest BCUT2D eigenvalue weighted by Gasteiger charge is -2.29. The molecule has 0 fully saturated rings. The van der Waals surface area contributed by atoms with Crippen LogP contribution in [-0.2, 0) is 10.1 Å². The zero-order valence-corrected chi connectivity index (χ0v) is 24.5. The Morgan fingerprint density at radius 3 is 1.06 bits per heavy atom. The van der Waals surface area contributed by atoms with E-state index < -0.39 is 17.4 Å². The van der Waals surface area contributed by atoms with E-state index in [1.807, 2.05) is 0 Å². The third kappa shape index (κ3) is 22.5. The lowest BCUT2D eigenvalue weighted by Crippen LogP contribution is -2.14. The van der Waals surface area contributed by atoms with Crippen LogP contribution >= 0.6 is 7.26 Å². The van der Waals surface area contributed by atoms with Crippen molar-refractivity contribution in [3.63, 3.8) is 0 Å². The van der Waals surface area contributed by atoms with E-state index in [9.17, 15) is 13.0 Å². The van der Waals surface area contributed by atoms with Crippen LogP contribution in [0, 0.1) is 0 Å². The van der Waals surface area contributed by atoms with Crippen LogP contribution in [0.1, 0.15) is 151 Å². The SMILES string of the molecule is CCCCCCCC[P+](CCCCCCCC)(CCCCCCCC)CCCCS(=O)(=O)[O-].[H+]. The molecule has 0 saturated heterocycles. The quantitative estimate of drug-likeness (QED) is 0.0665. The Kier molecular flexibility index (Phi) is 23.0. The Morgan fingerprint density at radius 2 is 0.758 bits per heavy atom. The van der Waals surface area contributed by atoms with Gasteiger partial charge in [0.2, 0.25) is 0 Å². The molecule has 200 valence electrons. The first kappa shape index (κ1) is 33.3. The van der Waals surface area contributed by atoms with Gasteiger partial charge in [-0.3, -0.25) is 0 Å². The molecule has 0 radical (unpaired) electrons. The van der Waals surface area contributed by atoms with Gasteiger partial charge in [0.1, 0.15) is 0 Å². The molecule has 33 heavy (non-hydrogen) atoms. The first-order chi connectivity index (χ1) is 15.9. The van der Waals surface area contributed by atoms with Gasteiger partial charge in [-0.15, -0.1) is 0 Å². The van der Waals surface area contributed by atoms with Gasteiger partial charge in [-0.25, -0.2) is 8.42 Å². The molecule has 0 spiro atoms. The Hall–Kier alpha value is 0.340. The van der Waals surface area contributed by atoms with Crippen LogP contribution < -0.4 is 0 Å². The highest BCUT2D eigenvalue weighted by atomic mass is 32.2. The van der Waals surface area contributed by atoms with E-state index in [1.165, 1.54) is 140 Å². The lowest BCUT2D eigenvalue weighted by atomic mass is 10.1. The van der Waals surface area contributed by atoms with E-state index in [0.717, 1.165) is 6.42 Å². The molecular weight excluding hydrogens is 447 g/mol. The fraction of sp³-hybridized carbons (Fsp3) is 1.00. The average molecular weight is 508 g/mol. The molecule has 0 bridgehead atoms. The Balaban J connectivity index is 0. The molecular formula is C28H60O3PS+. The molecule has 0 aromatic heterocycles. The van der Waals surface area contributed by atoms with Crippen molar-refractivity contribution >= 4 is 17.4 Å². The second kappa shape index (κ2) is 22.8. The molecule has 0 aromatic carbocycles. The summed E-state index contributed by atoms with van der Waals surface area (Å²) in [6.07, 6.45) is 31.4. The molecule has 0 unspecified atom stereocenters. The molecule has 0 aromatic rings. The van der Waals surface area contributed by atoms with E-state index in [2.05, 4.69) is 20.8 Å². The van der Waals surface area contributed by atoms with Crippen molar-refractivity contribution in [3.05, 3.63) is 0 Å². The molecule has 0 atom stereocenters. The predicted octanol–water partition coefficient (Wildman–Crippen LogP) is 9.52. The molecule has 0 N–H and O–H groups in total. The van der Waals surface area contributed by atoms with Crippen molar-refractivity contribution in [2.75, 3.05) is 30.4 Å². The van der Waals surface area contributed by atoms with Crippen molar-refractivity contribution in [1.29, 1.82) is 0 Å². The van der Waals surface area contributed by atoms with Crippen LogP contribution in [-0.4, -0.2) is 43.4 Å². The maximum atomic E-state index is 11.1. The third-order valence-electron chi connectivity index (χ3n) is 7.23. The van der Waals surface area contributed by atoms with Crippen molar-refractivity contribution in [1.82, 2.24) is 0 Å². The van der Waals surface area contributed by atoms with Crippen LogP contribution in [0.25, 0.3) is 0 Å². The minimum absolute atomic E-state index is 0. The first-order valence-corrected chi connectivity index (χ1v) is 18.8. The fourth-order valence-electron chi connectivity index (χ4n) is 5.08. The van der Waals surface area contributed by atoms with Gasteiger partial charge in [0, 0.05) is 13.0 Å². The maximum Gasteiger partial charge on any atom is 1.00 e. The van der Waals surface area contributed by atoms with Crippen LogP contribution in [0.2, 0.25) is 0 Å². The van der Waals surface area contributed by atoms with E-state index in [-0.39, 0.29) is 7.18 Å². The third-order valence-corrected chi connectivity index (χ3v) is 13.1. The molecule has 0 aliphatic heterocycles. The van der Waals surface area contributed by atoms with Gasteiger partial charge in [0.05, 0.1) is 34.8 Å². The average Bonchev–Trinajstić information content (AvgIpc) is 2.77. The van der Waals surface area contributed by atoms with E-state index in [1.54, 1.807) is 0 Å². The van der Waals surface area contributed by atoms with Gasteiger partial charge in [-0.2, -0.15) is 0 Å². The van der Waals surface area contributed by atoms with Crippen molar-refractivity contribution in [2.24, 2.45) is 0 Å². The fourth-order valence-corrected chi connectivity index (χ4v) is 10.6. The minimum Gasteiger partial charge on any atom is -0.748 e. The smallest absolute Gasteiger partial charge is 0.748 e. The second-order valence-electron chi connectivity index (χ2n) is 10.5. The molecule has 0 aliphatic carbocycles. The summed E-state index contributed by atoms with van der Waals surface area (Å²) in [5.41, 5.74) is 0. The van der Waals surface area contributed by atoms with E-state index in [4.69, 9.17) is 0 Å². The van der Waals surface area contributed by atoms with Gasteiger partial charge in [0.25, 0.3) is 0 Å². The number of hydrogen-bond donors (Lipinski definition) is 0. The zero-order chi connectivity index (χ0) is 24.7. The van der Waals surface area contributed by atoms with Crippen molar-refractivity contribution < 1.29 is 14.4 Å². The molecule has 3 nitrogen and oxygen atoms in total. The van der Waals surface area contributed by atoms with Gasteiger partial charge < -0.3 is 4.55 Å². The van der Waals surface area contributed by atoms with Crippen molar-refractivity contribution in [3.8, 4) is 0 Å². The second-order valence-corrected chi connectivity index (χ2v) is 16.5. The topological polar surface area (TPSA) is 57.2 Å². The van der Waals surface area contributed by atoms with E-state index >= 15 is 0 Å². The number of hydrogen-bond acceptors (Lipinski definition) is 3. The summed E-state index contributed by atoms with van der Waals surface area (Å²) in [6, 6.07) is 0. The van der Waals surface area contributed by atoms with Crippen LogP contribution in [0.4, 0.5) is 0 Å². The lowest BCUT2D eigenvalue weighted by molar-refractivity contribution is 0.461. The maximum absolute atomic E-state index is 11.1. The summed E-state index contributed by atoms with van der Waals surface area (Å²) in [6.45, 7) is 6.83.